The lowest BCUT2D eigenvalue weighted by atomic mass is 10.1. The molecule has 0 aromatic heterocycles. The van der Waals surface area contributed by atoms with Crippen molar-refractivity contribution < 1.29 is 19.1 Å². The van der Waals surface area contributed by atoms with E-state index < -0.39 is 17.7 Å². The van der Waals surface area contributed by atoms with Gasteiger partial charge in [0.05, 0.1) is 15.6 Å². The van der Waals surface area contributed by atoms with Crippen molar-refractivity contribution in [2.24, 2.45) is 0 Å². The van der Waals surface area contributed by atoms with Crippen molar-refractivity contribution in [3.8, 4) is 0 Å². The smallest absolute Gasteiger partial charge is 0.335 e. The average Bonchev–Trinajstić information content (AvgIpc) is 2.42. The molecule has 0 aliphatic rings. The van der Waals surface area contributed by atoms with Gasteiger partial charge in [-0.05, 0) is 46.3 Å². The Labute approximate surface area is 122 Å². The van der Waals surface area contributed by atoms with Gasteiger partial charge in [-0.3, -0.25) is 4.79 Å². The van der Waals surface area contributed by atoms with Crippen LogP contribution in [0.15, 0.2) is 46.9 Å². The van der Waals surface area contributed by atoms with Crippen molar-refractivity contribution >= 4 is 33.5 Å². The van der Waals surface area contributed by atoms with Gasteiger partial charge in [-0.2, -0.15) is 0 Å². The van der Waals surface area contributed by atoms with Crippen LogP contribution in [0.2, 0.25) is 0 Å². The summed E-state index contributed by atoms with van der Waals surface area (Å²) in [5.41, 5.74) is 0.201. The normalized spacial score (nSPS) is 10.1. The molecule has 0 aliphatic heterocycles. The Morgan fingerprint density at radius 2 is 1.85 bits per heavy atom. The van der Waals surface area contributed by atoms with Crippen LogP contribution in [0.3, 0.4) is 0 Å². The molecule has 0 bridgehead atoms. The summed E-state index contributed by atoms with van der Waals surface area (Å²) >= 11 is 3.00. The lowest BCUT2D eigenvalue weighted by Gasteiger charge is -2.07. The van der Waals surface area contributed by atoms with E-state index in [0.717, 1.165) is 0 Å². The number of hydrogen-bond donors (Lipinski definition) is 2. The van der Waals surface area contributed by atoms with E-state index in [4.69, 9.17) is 5.11 Å². The second-order valence-electron chi connectivity index (χ2n) is 3.94. The van der Waals surface area contributed by atoms with E-state index >= 15 is 0 Å². The van der Waals surface area contributed by atoms with Crippen molar-refractivity contribution in [3.63, 3.8) is 0 Å². The monoisotopic (exact) mass is 337 g/mol. The predicted molar refractivity (Wildman–Crippen MR) is 75.5 cm³/mol. The minimum Gasteiger partial charge on any atom is -0.478 e. The van der Waals surface area contributed by atoms with Crippen LogP contribution in [-0.4, -0.2) is 17.0 Å². The number of anilines is 1. The van der Waals surface area contributed by atoms with Gasteiger partial charge in [0.2, 0.25) is 0 Å². The highest BCUT2D eigenvalue weighted by atomic mass is 79.9. The Kier molecular flexibility index (Phi) is 4.14. The second kappa shape index (κ2) is 5.83. The fourth-order valence-corrected chi connectivity index (χ4v) is 1.97. The van der Waals surface area contributed by atoms with E-state index in [1.807, 2.05) is 0 Å². The first kappa shape index (κ1) is 14.2. The maximum atomic E-state index is 13.8. The maximum absolute atomic E-state index is 13.8. The van der Waals surface area contributed by atoms with E-state index in [0.29, 0.717) is 0 Å². The Hall–Kier alpha value is -2.21. The minimum absolute atomic E-state index is 0.0394. The van der Waals surface area contributed by atoms with Crippen LogP contribution < -0.4 is 5.32 Å². The first-order valence-corrected chi connectivity index (χ1v) is 6.37. The predicted octanol–water partition coefficient (Wildman–Crippen LogP) is 3.54. The van der Waals surface area contributed by atoms with Gasteiger partial charge in [0.1, 0.15) is 5.82 Å². The number of aromatic carboxylic acids is 1. The van der Waals surface area contributed by atoms with Crippen LogP contribution in [0.4, 0.5) is 10.1 Å². The molecule has 1 amide bonds. The molecular formula is C14H9BrFNO3. The molecule has 102 valence electrons. The molecule has 0 saturated carbocycles. The standard InChI is InChI=1S/C14H9BrFNO3/c15-11-6-2-5-10(12(11)16)13(18)17-9-4-1-3-8(7-9)14(19)20/h1-7H,(H,17,18)(H,19,20). The van der Waals surface area contributed by atoms with Crippen LogP contribution >= 0.6 is 15.9 Å². The number of rotatable bonds is 3. The maximum Gasteiger partial charge on any atom is 0.335 e. The Balaban J connectivity index is 2.26. The lowest BCUT2D eigenvalue weighted by molar-refractivity contribution is 0.0696. The molecule has 20 heavy (non-hydrogen) atoms. The number of halogens is 2. The quantitative estimate of drug-likeness (QED) is 0.900. The topological polar surface area (TPSA) is 66.4 Å². The molecule has 0 fully saturated rings. The number of carboxylic acid groups (broad SMARTS) is 1. The summed E-state index contributed by atoms with van der Waals surface area (Å²) in [6, 6.07) is 10.1. The van der Waals surface area contributed by atoms with Gasteiger partial charge in [0.15, 0.2) is 0 Å². The van der Waals surface area contributed by atoms with E-state index in [1.165, 1.54) is 42.5 Å². The minimum atomic E-state index is -1.10. The number of carbonyl (C=O) groups is 2. The molecule has 0 unspecified atom stereocenters. The fourth-order valence-electron chi connectivity index (χ4n) is 1.61. The summed E-state index contributed by atoms with van der Waals surface area (Å²) in [6.07, 6.45) is 0. The molecule has 0 saturated heterocycles. The average molecular weight is 338 g/mol. The van der Waals surface area contributed by atoms with Gasteiger partial charge in [0, 0.05) is 5.69 Å². The highest BCUT2D eigenvalue weighted by Gasteiger charge is 2.14. The lowest BCUT2D eigenvalue weighted by Crippen LogP contribution is -2.14. The number of amides is 1. The molecule has 0 atom stereocenters. The highest BCUT2D eigenvalue weighted by Crippen LogP contribution is 2.20. The van der Waals surface area contributed by atoms with Crippen LogP contribution in [0, 0.1) is 5.82 Å². The zero-order valence-corrected chi connectivity index (χ0v) is 11.6. The van der Waals surface area contributed by atoms with Crippen LogP contribution in [-0.2, 0) is 0 Å². The zero-order valence-electron chi connectivity index (χ0n) is 10.1. The fraction of sp³-hybridized carbons (Fsp3) is 0. The van der Waals surface area contributed by atoms with E-state index in [9.17, 15) is 14.0 Å². The summed E-state index contributed by atoms with van der Waals surface area (Å²) in [5.74, 6) is -2.42. The van der Waals surface area contributed by atoms with E-state index in [1.54, 1.807) is 0 Å². The molecule has 0 spiro atoms. The molecule has 0 aliphatic carbocycles. The van der Waals surface area contributed by atoms with Crippen LogP contribution in [0.1, 0.15) is 20.7 Å². The molecule has 0 heterocycles. The Morgan fingerprint density at radius 1 is 1.15 bits per heavy atom. The molecule has 2 N–H and O–H groups in total. The van der Waals surface area contributed by atoms with E-state index in [-0.39, 0.29) is 21.3 Å². The first-order chi connectivity index (χ1) is 9.49. The third-order valence-electron chi connectivity index (χ3n) is 2.56. The van der Waals surface area contributed by atoms with E-state index in [2.05, 4.69) is 21.2 Å². The SMILES string of the molecule is O=C(O)c1cccc(NC(=O)c2cccc(Br)c2F)c1. The van der Waals surface area contributed by atoms with Crippen molar-refractivity contribution in [1.82, 2.24) is 0 Å². The number of hydrogen-bond acceptors (Lipinski definition) is 2. The van der Waals surface area contributed by atoms with Crippen LogP contribution in [0.5, 0.6) is 0 Å². The van der Waals surface area contributed by atoms with Gasteiger partial charge in [0.25, 0.3) is 5.91 Å². The summed E-state index contributed by atoms with van der Waals surface area (Å²) in [5, 5.41) is 11.3. The van der Waals surface area contributed by atoms with Gasteiger partial charge in [-0.1, -0.05) is 12.1 Å². The second-order valence-corrected chi connectivity index (χ2v) is 4.80. The molecule has 2 aromatic carbocycles. The number of nitrogens with one attached hydrogen (secondary N) is 1. The molecule has 0 radical (unpaired) electrons. The molecular weight excluding hydrogens is 329 g/mol. The van der Waals surface area contributed by atoms with Crippen molar-refractivity contribution in [3.05, 3.63) is 63.9 Å². The van der Waals surface area contributed by atoms with Crippen molar-refractivity contribution in [2.75, 3.05) is 5.32 Å². The zero-order chi connectivity index (χ0) is 14.7. The third kappa shape index (κ3) is 3.03. The van der Waals surface area contributed by atoms with Gasteiger partial charge in [-0.25, -0.2) is 9.18 Å². The van der Waals surface area contributed by atoms with Crippen molar-refractivity contribution in [1.29, 1.82) is 0 Å². The largest absolute Gasteiger partial charge is 0.478 e. The van der Waals surface area contributed by atoms with Crippen LogP contribution in [0.25, 0.3) is 0 Å². The summed E-state index contributed by atoms with van der Waals surface area (Å²) in [7, 11) is 0. The van der Waals surface area contributed by atoms with Gasteiger partial charge < -0.3 is 10.4 Å². The molecule has 4 nitrogen and oxygen atoms in total. The molecule has 6 heteroatoms. The Morgan fingerprint density at radius 3 is 2.55 bits per heavy atom. The highest BCUT2D eigenvalue weighted by molar-refractivity contribution is 9.10. The summed E-state index contributed by atoms with van der Waals surface area (Å²) in [6.45, 7) is 0. The molecule has 2 aromatic rings. The van der Waals surface area contributed by atoms with Crippen molar-refractivity contribution in [2.45, 2.75) is 0 Å². The summed E-state index contributed by atoms with van der Waals surface area (Å²) in [4.78, 5) is 22.8. The third-order valence-corrected chi connectivity index (χ3v) is 3.18. The number of carboxylic acids is 1. The summed E-state index contributed by atoms with van der Waals surface area (Å²) < 4.78 is 13.9. The number of benzene rings is 2. The number of carbonyl (C=O) groups excluding carboxylic acids is 1. The first-order valence-electron chi connectivity index (χ1n) is 5.58. The molecule has 2 rings (SSSR count). The van der Waals surface area contributed by atoms with Gasteiger partial charge in [-0.15, -0.1) is 0 Å². The van der Waals surface area contributed by atoms with Gasteiger partial charge >= 0.3 is 5.97 Å². The Bertz CT molecular complexity index is 688.